The normalized spacial score (nSPS) is 10.3. The predicted octanol–water partition coefficient (Wildman–Crippen LogP) is 1.67. The smallest absolute Gasteiger partial charge is 0.253 e. The zero-order valence-electron chi connectivity index (χ0n) is 10.0. The van der Waals surface area contributed by atoms with Crippen LogP contribution in [0.3, 0.4) is 0 Å². The van der Waals surface area contributed by atoms with Gasteiger partial charge in [-0.05, 0) is 25.0 Å². The SMILES string of the molecule is Cc1ccc(NN)c(C(=O)NCC(C)C)c1. The van der Waals surface area contributed by atoms with Gasteiger partial charge in [-0.25, -0.2) is 0 Å². The summed E-state index contributed by atoms with van der Waals surface area (Å²) in [6.45, 7) is 6.72. The van der Waals surface area contributed by atoms with Crippen molar-refractivity contribution in [3.8, 4) is 0 Å². The Labute approximate surface area is 96.2 Å². The lowest BCUT2D eigenvalue weighted by atomic mass is 10.1. The van der Waals surface area contributed by atoms with Crippen molar-refractivity contribution < 1.29 is 4.79 Å². The Hall–Kier alpha value is -1.55. The molecule has 1 rings (SSSR count). The number of nitrogen functional groups attached to an aromatic ring is 1. The number of hydrogen-bond acceptors (Lipinski definition) is 3. The Morgan fingerprint density at radius 3 is 2.69 bits per heavy atom. The van der Waals surface area contributed by atoms with Gasteiger partial charge < -0.3 is 10.7 Å². The van der Waals surface area contributed by atoms with Gasteiger partial charge in [0.25, 0.3) is 5.91 Å². The first-order valence-corrected chi connectivity index (χ1v) is 5.40. The van der Waals surface area contributed by atoms with Gasteiger partial charge in [0.05, 0.1) is 11.3 Å². The van der Waals surface area contributed by atoms with Gasteiger partial charge in [0.15, 0.2) is 0 Å². The average Bonchev–Trinajstić information content (AvgIpc) is 2.25. The molecular formula is C12H19N3O. The Balaban J connectivity index is 2.84. The molecule has 0 aliphatic carbocycles. The number of aryl methyl sites for hydroxylation is 1. The molecule has 0 aliphatic heterocycles. The lowest BCUT2D eigenvalue weighted by molar-refractivity contribution is 0.0949. The van der Waals surface area contributed by atoms with Crippen LogP contribution >= 0.6 is 0 Å². The van der Waals surface area contributed by atoms with Gasteiger partial charge in [-0.15, -0.1) is 0 Å². The van der Waals surface area contributed by atoms with Crippen LogP contribution in [0.25, 0.3) is 0 Å². The largest absolute Gasteiger partial charge is 0.352 e. The molecule has 1 aromatic rings. The van der Waals surface area contributed by atoms with Crippen LogP contribution in [0.5, 0.6) is 0 Å². The lowest BCUT2D eigenvalue weighted by Gasteiger charge is -2.11. The van der Waals surface area contributed by atoms with E-state index in [-0.39, 0.29) is 5.91 Å². The number of nitrogens with two attached hydrogens (primary N) is 1. The molecule has 0 saturated heterocycles. The van der Waals surface area contributed by atoms with Crippen LogP contribution in [-0.2, 0) is 0 Å². The number of carbonyl (C=O) groups is 1. The first kappa shape index (κ1) is 12.5. The van der Waals surface area contributed by atoms with E-state index in [9.17, 15) is 4.79 Å². The summed E-state index contributed by atoms with van der Waals surface area (Å²) in [5.74, 6) is 5.71. The number of hydrazine groups is 1. The van der Waals surface area contributed by atoms with Crippen molar-refractivity contribution in [3.05, 3.63) is 29.3 Å². The molecule has 4 nitrogen and oxygen atoms in total. The summed E-state index contributed by atoms with van der Waals surface area (Å²) in [6, 6.07) is 5.54. The summed E-state index contributed by atoms with van der Waals surface area (Å²) in [5.41, 5.74) is 4.80. The molecule has 0 saturated carbocycles. The number of nitrogens with one attached hydrogen (secondary N) is 2. The van der Waals surface area contributed by atoms with Gasteiger partial charge in [0.1, 0.15) is 0 Å². The molecular weight excluding hydrogens is 202 g/mol. The molecule has 0 atom stereocenters. The monoisotopic (exact) mass is 221 g/mol. The number of anilines is 1. The van der Waals surface area contributed by atoms with E-state index in [0.29, 0.717) is 23.7 Å². The second-order valence-corrected chi connectivity index (χ2v) is 4.30. The molecule has 1 amide bonds. The highest BCUT2D eigenvalue weighted by molar-refractivity contribution is 5.99. The Bertz CT molecular complexity index is 375. The number of amides is 1. The summed E-state index contributed by atoms with van der Waals surface area (Å²) in [5, 5.41) is 2.87. The van der Waals surface area contributed by atoms with Crippen molar-refractivity contribution in [3.63, 3.8) is 0 Å². The average molecular weight is 221 g/mol. The summed E-state index contributed by atoms with van der Waals surface area (Å²) in [7, 11) is 0. The van der Waals surface area contributed by atoms with Gasteiger partial charge in [-0.1, -0.05) is 25.5 Å². The molecule has 0 heterocycles. The first-order valence-electron chi connectivity index (χ1n) is 5.40. The van der Waals surface area contributed by atoms with E-state index in [0.717, 1.165) is 5.56 Å². The standard InChI is InChI=1S/C12H19N3O/c1-8(2)7-14-12(16)10-6-9(3)4-5-11(10)15-13/h4-6,8,15H,7,13H2,1-3H3,(H,14,16). The highest BCUT2D eigenvalue weighted by Gasteiger charge is 2.10. The molecule has 4 heteroatoms. The topological polar surface area (TPSA) is 67.1 Å². The summed E-state index contributed by atoms with van der Waals surface area (Å²) in [6.07, 6.45) is 0. The zero-order chi connectivity index (χ0) is 12.1. The predicted molar refractivity (Wildman–Crippen MR) is 66.2 cm³/mol. The Morgan fingerprint density at radius 2 is 2.12 bits per heavy atom. The number of carbonyl (C=O) groups excluding carboxylic acids is 1. The third-order valence-corrected chi connectivity index (χ3v) is 2.25. The van der Waals surface area contributed by atoms with Crippen molar-refractivity contribution in [1.29, 1.82) is 0 Å². The highest BCUT2D eigenvalue weighted by Crippen LogP contribution is 2.16. The fraction of sp³-hybridized carbons (Fsp3) is 0.417. The third-order valence-electron chi connectivity index (χ3n) is 2.25. The summed E-state index contributed by atoms with van der Waals surface area (Å²) >= 11 is 0. The van der Waals surface area contributed by atoms with Gasteiger partial charge >= 0.3 is 0 Å². The van der Waals surface area contributed by atoms with E-state index in [1.807, 2.05) is 19.1 Å². The molecule has 16 heavy (non-hydrogen) atoms. The van der Waals surface area contributed by atoms with E-state index in [1.165, 1.54) is 0 Å². The van der Waals surface area contributed by atoms with Crippen LogP contribution in [0.1, 0.15) is 29.8 Å². The number of benzene rings is 1. The zero-order valence-corrected chi connectivity index (χ0v) is 10.0. The number of hydrogen-bond donors (Lipinski definition) is 3. The molecule has 4 N–H and O–H groups in total. The second-order valence-electron chi connectivity index (χ2n) is 4.30. The van der Waals surface area contributed by atoms with Crippen molar-refractivity contribution in [2.45, 2.75) is 20.8 Å². The van der Waals surface area contributed by atoms with Crippen molar-refractivity contribution in [2.75, 3.05) is 12.0 Å². The summed E-state index contributed by atoms with van der Waals surface area (Å²) in [4.78, 5) is 11.9. The van der Waals surface area contributed by atoms with Crippen LogP contribution in [0.4, 0.5) is 5.69 Å². The molecule has 0 bridgehead atoms. The maximum absolute atomic E-state index is 11.9. The third kappa shape index (κ3) is 3.24. The van der Waals surface area contributed by atoms with E-state index < -0.39 is 0 Å². The van der Waals surface area contributed by atoms with Crippen LogP contribution in [0.15, 0.2) is 18.2 Å². The van der Waals surface area contributed by atoms with Gasteiger partial charge in [0.2, 0.25) is 0 Å². The van der Waals surface area contributed by atoms with Crippen molar-refractivity contribution >= 4 is 11.6 Å². The Kier molecular flexibility index (Phi) is 4.31. The lowest BCUT2D eigenvalue weighted by Crippen LogP contribution is -2.28. The highest BCUT2D eigenvalue weighted by atomic mass is 16.1. The molecule has 0 radical (unpaired) electrons. The Morgan fingerprint density at radius 1 is 1.44 bits per heavy atom. The minimum absolute atomic E-state index is 0.0923. The van der Waals surface area contributed by atoms with E-state index in [1.54, 1.807) is 6.07 Å². The molecule has 0 aliphatic rings. The van der Waals surface area contributed by atoms with E-state index >= 15 is 0 Å². The first-order chi connectivity index (χ1) is 7.54. The molecule has 88 valence electrons. The van der Waals surface area contributed by atoms with Gasteiger partial charge in [-0.2, -0.15) is 0 Å². The molecule has 1 aromatic carbocycles. The van der Waals surface area contributed by atoms with Gasteiger partial charge in [0, 0.05) is 6.54 Å². The quantitative estimate of drug-likeness (QED) is 0.535. The molecule has 0 aromatic heterocycles. The fourth-order valence-electron chi connectivity index (χ4n) is 1.36. The molecule has 0 spiro atoms. The van der Waals surface area contributed by atoms with Crippen LogP contribution in [-0.4, -0.2) is 12.5 Å². The van der Waals surface area contributed by atoms with Crippen LogP contribution in [0.2, 0.25) is 0 Å². The molecule has 0 fully saturated rings. The van der Waals surface area contributed by atoms with Crippen LogP contribution in [0, 0.1) is 12.8 Å². The molecule has 0 unspecified atom stereocenters. The fourth-order valence-corrected chi connectivity index (χ4v) is 1.36. The van der Waals surface area contributed by atoms with Crippen molar-refractivity contribution in [1.82, 2.24) is 5.32 Å². The van der Waals surface area contributed by atoms with Crippen molar-refractivity contribution in [2.24, 2.45) is 11.8 Å². The number of rotatable bonds is 4. The minimum atomic E-state index is -0.0923. The maximum atomic E-state index is 11.9. The maximum Gasteiger partial charge on any atom is 0.253 e. The van der Waals surface area contributed by atoms with E-state index in [2.05, 4.69) is 24.6 Å². The minimum Gasteiger partial charge on any atom is -0.352 e. The van der Waals surface area contributed by atoms with E-state index in [4.69, 9.17) is 5.84 Å². The van der Waals surface area contributed by atoms with Crippen LogP contribution < -0.4 is 16.6 Å². The second kappa shape index (κ2) is 5.51. The van der Waals surface area contributed by atoms with Gasteiger partial charge in [-0.3, -0.25) is 10.6 Å². The summed E-state index contributed by atoms with van der Waals surface area (Å²) < 4.78 is 0.